The van der Waals surface area contributed by atoms with Crippen molar-refractivity contribution in [3.8, 4) is 6.07 Å². The van der Waals surface area contributed by atoms with Gasteiger partial charge in [0.25, 0.3) is 0 Å². The second kappa shape index (κ2) is 9.49. The van der Waals surface area contributed by atoms with Crippen molar-refractivity contribution < 1.29 is 33.2 Å². The highest BCUT2D eigenvalue weighted by Crippen LogP contribution is 2.29. The number of quaternary nitrogens is 1. The number of nitriles is 1. The van der Waals surface area contributed by atoms with E-state index in [0.717, 1.165) is 16.5 Å². The van der Waals surface area contributed by atoms with E-state index in [1.807, 2.05) is 18.2 Å². The quantitative estimate of drug-likeness (QED) is 0.486. The number of hydrogen-bond acceptors (Lipinski definition) is 2. The third-order valence-electron chi connectivity index (χ3n) is 3.93. The van der Waals surface area contributed by atoms with Crippen LogP contribution in [0.4, 0.5) is 0 Å². The molecule has 0 radical (unpaired) electrons. The standard InChI is InChI=1S/C18H29N2O.HI/c1-14(2)12-17(13-19)21-18(15(3)20(4,5)6)16-10-8-7-9-11-16;/h7-11,14-15,17-18H,12H2,1-6H3;1H/q+1;/p-1/t15-,17+,18-;/m0./s1. The molecule has 0 aliphatic heterocycles. The molecule has 1 aromatic rings. The summed E-state index contributed by atoms with van der Waals surface area (Å²) in [7, 11) is 6.48. The summed E-state index contributed by atoms with van der Waals surface area (Å²) in [4.78, 5) is 0. The molecule has 0 unspecified atom stereocenters. The largest absolute Gasteiger partial charge is 1.00 e. The van der Waals surface area contributed by atoms with Gasteiger partial charge in [-0.25, -0.2) is 0 Å². The summed E-state index contributed by atoms with van der Waals surface area (Å²) in [5.41, 5.74) is 1.14. The number of hydrogen-bond donors (Lipinski definition) is 0. The normalized spacial score (nSPS) is 15.5. The molecule has 0 aliphatic carbocycles. The van der Waals surface area contributed by atoms with E-state index in [4.69, 9.17) is 4.74 Å². The number of likely N-dealkylation sites (N-methyl/N-ethyl adjacent to an activating group) is 1. The highest BCUT2D eigenvalue weighted by molar-refractivity contribution is 5.19. The topological polar surface area (TPSA) is 33.0 Å². The van der Waals surface area contributed by atoms with E-state index < -0.39 is 0 Å². The third kappa shape index (κ3) is 6.64. The summed E-state index contributed by atoms with van der Waals surface area (Å²) in [5.74, 6) is 0.450. The van der Waals surface area contributed by atoms with Gasteiger partial charge in [-0.2, -0.15) is 5.26 Å². The molecule has 1 aromatic carbocycles. The molecule has 124 valence electrons. The first kappa shape index (κ1) is 21.4. The van der Waals surface area contributed by atoms with Crippen molar-refractivity contribution in [2.45, 2.75) is 45.4 Å². The molecule has 3 atom stereocenters. The van der Waals surface area contributed by atoms with Crippen LogP contribution in [0, 0.1) is 17.2 Å². The van der Waals surface area contributed by atoms with Gasteiger partial charge < -0.3 is 33.2 Å². The molecular formula is C18H29IN2O. The number of ether oxygens (including phenoxy) is 1. The summed E-state index contributed by atoms with van der Waals surface area (Å²) in [5, 5.41) is 9.38. The lowest BCUT2D eigenvalue weighted by atomic mass is 10.00. The smallest absolute Gasteiger partial charge is 0.145 e. The molecule has 0 aromatic heterocycles. The maximum atomic E-state index is 9.38. The Morgan fingerprint density at radius 1 is 1.09 bits per heavy atom. The minimum Gasteiger partial charge on any atom is -1.00 e. The van der Waals surface area contributed by atoms with Crippen LogP contribution in [0.2, 0.25) is 0 Å². The van der Waals surface area contributed by atoms with Crippen molar-refractivity contribution >= 4 is 0 Å². The minimum atomic E-state index is -0.357. The fraction of sp³-hybridized carbons (Fsp3) is 0.611. The lowest BCUT2D eigenvalue weighted by molar-refractivity contribution is -0.898. The lowest BCUT2D eigenvalue weighted by Gasteiger charge is -2.37. The highest BCUT2D eigenvalue weighted by atomic mass is 127. The maximum Gasteiger partial charge on any atom is 0.145 e. The Morgan fingerprint density at radius 3 is 2.05 bits per heavy atom. The summed E-state index contributed by atoms with van der Waals surface area (Å²) in [6, 6.07) is 12.8. The van der Waals surface area contributed by atoms with Crippen LogP contribution in [0.1, 0.15) is 38.9 Å². The van der Waals surface area contributed by atoms with Gasteiger partial charge in [0.1, 0.15) is 18.2 Å². The molecule has 22 heavy (non-hydrogen) atoms. The van der Waals surface area contributed by atoms with Crippen molar-refractivity contribution in [3.63, 3.8) is 0 Å². The van der Waals surface area contributed by atoms with E-state index in [1.54, 1.807) is 0 Å². The fourth-order valence-electron chi connectivity index (χ4n) is 2.26. The fourth-order valence-corrected chi connectivity index (χ4v) is 2.26. The van der Waals surface area contributed by atoms with Gasteiger partial charge >= 0.3 is 0 Å². The molecule has 1 rings (SSSR count). The maximum absolute atomic E-state index is 9.38. The molecule has 0 N–H and O–H groups in total. The van der Waals surface area contributed by atoms with Gasteiger partial charge in [-0.1, -0.05) is 44.2 Å². The monoisotopic (exact) mass is 416 g/mol. The zero-order valence-electron chi connectivity index (χ0n) is 14.6. The first-order chi connectivity index (χ1) is 9.75. The Morgan fingerprint density at radius 2 is 1.64 bits per heavy atom. The van der Waals surface area contributed by atoms with Crippen LogP contribution in [-0.4, -0.2) is 37.8 Å². The Balaban J connectivity index is 0.00000441. The number of halogens is 1. The first-order valence-electron chi connectivity index (χ1n) is 7.66. The van der Waals surface area contributed by atoms with E-state index in [-0.39, 0.29) is 42.2 Å². The van der Waals surface area contributed by atoms with Crippen LogP contribution in [0.25, 0.3) is 0 Å². The van der Waals surface area contributed by atoms with E-state index in [2.05, 4.69) is 60.1 Å². The van der Waals surface area contributed by atoms with Gasteiger partial charge in [0.15, 0.2) is 0 Å². The van der Waals surface area contributed by atoms with E-state index in [9.17, 15) is 5.26 Å². The van der Waals surface area contributed by atoms with Gasteiger partial charge in [0.2, 0.25) is 0 Å². The summed E-state index contributed by atoms with van der Waals surface area (Å²) in [6.45, 7) is 6.42. The predicted octanol–water partition coefficient (Wildman–Crippen LogP) is 0.781. The molecular weight excluding hydrogens is 387 g/mol. The van der Waals surface area contributed by atoms with Crippen molar-refractivity contribution in [1.82, 2.24) is 0 Å². The van der Waals surface area contributed by atoms with Gasteiger partial charge in [0, 0.05) is 0 Å². The molecule has 0 bridgehead atoms. The molecule has 4 heteroatoms. The SMILES string of the molecule is CC(C)C[C@H](C#N)O[C@H](c1ccccc1)[C@H](C)[N+](C)(C)C.[I-]. The van der Waals surface area contributed by atoms with Gasteiger partial charge in [-0.15, -0.1) is 0 Å². The highest BCUT2D eigenvalue weighted by Gasteiger charge is 2.32. The molecule has 0 fully saturated rings. The second-order valence-corrected chi connectivity index (χ2v) is 7.07. The van der Waals surface area contributed by atoms with Gasteiger partial charge in [0.05, 0.1) is 27.2 Å². The average Bonchev–Trinajstić information content (AvgIpc) is 2.42. The zero-order valence-corrected chi connectivity index (χ0v) is 16.7. The Hall–Kier alpha value is -0.640. The molecule has 0 amide bonds. The summed E-state index contributed by atoms with van der Waals surface area (Å²) >= 11 is 0. The minimum absolute atomic E-state index is 0. The van der Waals surface area contributed by atoms with E-state index in [0.29, 0.717) is 5.92 Å². The van der Waals surface area contributed by atoms with Crippen molar-refractivity contribution in [2.75, 3.05) is 21.1 Å². The molecule has 0 heterocycles. The molecule has 3 nitrogen and oxygen atoms in total. The number of benzene rings is 1. The molecule has 0 spiro atoms. The molecule has 0 saturated carbocycles. The van der Waals surface area contributed by atoms with E-state index in [1.165, 1.54) is 0 Å². The Bertz CT molecular complexity index is 462. The Kier molecular flexibility index (Phi) is 9.21. The van der Waals surface area contributed by atoms with Crippen LogP contribution in [0.15, 0.2) is 30.3 Å². The first-order valence-corrected chi connectivity index (χ1v) is 7.66. The van der Waals surface area contributed by atoms with Crippen LogP contribution in [-0.2, 0) is 4.74 Å². The number of nitrogens with zero attached hydrogens (tertiary/aromatic N) is 2. The zero-order chi connectivity index (χ0) is 16.0. The van der Waals surface area contributed by atoms with Crippen LogP contribution < -0.4 is 24.0 Å². The average molecular weight is 416 g/mol. The second-order valence-electron chi connectivity index (χ2n) is 7.07. The van der Waals surface area contributed by atoms with Gasteiger partial charge in [-0.3, -0.25) is 0 Å². The Labute approximate surface area is 152 Å². The van der Waals surface area contributed by atoms with Crippen molar-refractivity contribution in [2.24, 2.45) is 5.92 Å². The summed E-state index contributed by atoms with van der Waals surface area (Å²) in [6.07, 6.45) is 0.336. The number of rotatable bonds is 7. The van der Waals surface area contributed by atoms with Gasteiger partial charge in [-0.05, 0) is 24.8 Å². The van der Waals surface area contributed by atoms with Crippen molar-refractivity contribution in [1.29, 1.82) is 5.26 Å². The summed E-state index contributed by atoms with van der Waals surface area (Å²) < 4.78 is 7.00. The van der Waals surface area contributed by atoms with E-state index >= 15 is 0 Å². The van der Waals surface area contributed by atoms with Crippen LogP contribution in [0.3, 0.4) is 0 Å². The van der Waals surface area contributed by atoms with Crippen LogP contribution in [0.5, 0.6) is 0 Å². The molecule has 0 saturated heterocycles. The lowest BCUT2D eigenvalue weighted by Crippen LogP contribution is -3.00. The van der Waals surface area contributed by atoms with Crippen LogP contribution >= 0.6 is 0 Å². The molecule has 0 aliphatic rings. The third-order valence-corrected chi connectivity index (χ3v) is 3.93. The van der Waals surface area contributed by atoms with Crippen molar-refractivity contribution in [3.05, 3.63) is 35.9 Å². The predicted molar refractivity (Wildman–Crippen MR) is 86.6 cm³/mol.